The number of aryl methyl sites for hydroxylation is 2. The van der Waals surface area contributed by atoms with Crippen LogP contribution in [0.3, 0.4) is 0 Å². The molecule has 0 aliphatic carbocycles. The molecule has 0 unspecified atom stereocenters. The molecule has 146 valence electrons. The molecule has 0 fully saturated rings. The zero-order chi connectivity index (χ0) is 20.4. The molecule has 27 heavy (non-hydrogen) atoms. The minimum atomic E-state index is -3.80. The van der Waals surface area contributed by atoms with E-state index in [0.717, 1.165) is 15.4 Å². The number of ether oxygens (including phenoxy) is 1. The number of methoxy groups -OCH3 is 1. The third kappa shape index (κ3) is 4.48. The van der Waals surface area contributed by atoms with Crippen molar-refractivity contribution in [2.45, 2.75) is 32.6 Å². The second kappa shape index (κ2) is 8.10. The molecule has 2 aromatic carbocycles. The number of carbonyl (C=O) groups is 1. The number of carbonyl (C=O) groups excluding carboxylic acids is 1. The number of benzene rings is 2. The molecule has 0 heterocycles. The Morgan fingerprint density at radius 2 is 1.67 bits per heavy atom. The lowest BCUT2D eigenvalue weighted by molar-refractivity contribution is -0.116. The normalized spacial score (nSPS) is 11.5. The average Bonchev–Trinajstić information content (AvgIpc) is 2.60. The van der Waals surface area contributed by atoms with E-state index >= 15 is 0 Å². The molecule has 7 heteroatoms. The highest BCUT2D eigenvalue weighted by atomic mass is 32.2. The van der Waals surface area contributed by atoms with Crippen molar-refractivity contribution in [1.29, 1.82) is 0 Å². The Morgan fingerprint density at radius 1 is 1.07 bits per heavy atom. The van der Waals surface area contributed by atoms with Gasteiger partial charge in [-0.25, -0.2) is 8.42 Å². The predicted octanol–water partition coefficient (Wildman–Crippen LogP) is 3.19. The van der Waals surface area contributed by atoms with Crippen LogP contribution in [0.4, 0.5) is 5.69 Å². The second-order valence-electron chi connectivity index (χ2n) is 6.63. The van der Waals surface area contributed by atoms with E-state index in [1.54, 1.807) is 38.1 Å². The fourth-order valence-electron chi connectivity index (χ4n) is 2.91. The van der Waals surface area contributed by atoms with Gasteiger partial charge in [-0.3, -0.25) is 4.79 Å². The molecule has 0 radical (unpaired) electrons. The minimum absolute atomic E-state index is 0.275. The van der Waals surface area contributed by atoms with Gasteiger partial charge in [0.05, 0.1) is 18.6 Å². The fraction of sp³-hybridized carbons (Fsp3) is 0.350. The fourth-order valence-corrected chi connectivity index (χ4v) is 4.61. The highest BCUT2D eigenvalue weighted by molar-refractivity contribution is 7.89. The average molecular weight is 391 g/mol. The molecule has 2 rings (SSSR count). The SMILES string of the molecule is COc1cccc(NC(=O)CN(C)S(=O)(=O)c2c(C)c(C)cc(C)c2C)c1. The third-order valence-corrected chi connectivity index (χ3v) is 6.76. The predicted molar refractivity (Wildman–Crippen MR) is 107 cm³/mol. The molecule has 6 nitrogen and oxygen atoms in total. The summed E-state index contributed by atoms with van der Waals surface area (Å²) in [7, 11) is -0.846. The van der Waals surface area contributed by atoms with Crippen molar-refractivity contribution >= 4 is 21.6 Å². The van der Waals surface area contributed by atoms with Gasteiger partial charge < -0.3 is 10.1 Å². The Balaban J connectivity index is 2.24. The summed E-state index contributed by atoms with van der Waals surface area (Å²) in [5.74, 6) is 0.185. The first-order chi connectivity index (χ1) is 12.6. The zero-order valence-electron chi connectivity index (χ0n) is 16.6. The van der Waals surface area contributed by atoms with Crippen LogP contribution >= 0.6 is 0 Å². The van der Waals surface area contributed by atoms with Crippen molar-refractivity contribution in [3.8, 4) is 5.75 Å². The number of amides is 1. The lowest BCUT2D eigenvalue weighted by Gasteiger charge is -2.21. The maximum atomic E-state index is 13.1. The Morgan fingerprint density at radius 3 is 2.22 bits per heavy atom. The van der Waals surface area contributed by atoms with Crippen LogP contribution in [0.25, 0.3) is 0 Å². The van der Waals surface area contributed by atoms with E-state index in [1.807, 2.05) is 19.9 Å². The molecule has 1 N–H and O–H groups in total. The number of sulfonamides is 1. The van der Waals surface area contributed by atoms with E-state index in [4.69, 9.17) is 4.74 Å². The van der Waals surface area contributed by atoms with E-state index in [2.05, 4.69) is 5.32 Å². The van der Waals surface area contributed by atoms with E-state index in [1.165, 1.54) is 14.2 Å². The van der Waals surface area contributed by atoms with Crippen molar-refractivity contribution in [3.05, 3.63) is 52.6 Å². The van der Waals surface area contributed by atoms with E-state index in [0.29, 0.717) is 22.6 Å². The van der Waals surface area contributed by atoms with Crippen LogP contribution < -0.4 is 10.1 Å². The monoisotopic (exact) mass is 390 g/mol. The van der Waals surface area contributed by atoms with E-state index in [9.17, 15) is 13.2 Å². The summed E-state index contributed by atoms with van der Waals surface area (Å²) >= 11 is 0. The van der Waals surface area contributed by atoms with Gasteiger partial charge in [-0.2, -0.15) is 4.31 Å². The van der Waals surface area contributed by atoms with Crippen LogP contribution in [0.1, 0.15) is 22.3 Å². The smallest absolute Gasteiger partial charge is 0.243 e. The van der Waals surface area contributed by atoms with Crippen LogP contribution in [0.2, 0.25) is 0 Å². The molecule has 0 spiro atoms. The Hall–Kier alpha value is -2.38. The number of nitrogens with one attached hydrogen (secondary N) is 1. The molecule has 1 amide bonds. The maximum Gasteiger partial charge on any atom is 0.243 e. The van der Waals surface area contributed by atoms with Gasteiger partial charge in [0.1, 0.15) is 5.75 Å². The Bertz CT molecular complexity index is 942. The quantitative estimate of drug-likeness (QED) is 0.822. The first-order valence-corrected chi connectivity index (χ1v) is 9.99. The van der Waals surface area contributed by atoms with Gasteiger partial charge in [0.15, 0.2) is 0 Å². The van der Waals surface area contributed by atoms with Gasteiger partial charge in [-0.15, -0.1) is 0 Å². The lowest BCUT2D eigenvalue weighted by Crippen LogP contribution is -2.35. The number of rotatable bonds is 6. The summed E-state index contributed by atoms with van der Waals surface area (Å²) in [6.07, 6.45) is 0. The summed E-state index contributed by atoms with van der Waals surface area (Å²) in [5, 5.41) is 2.70. The second-order valence-corrected chi connectivity index (χ2v) is 8.61. The summed E-state index contributed by atoms with van der Waals surface area (Å²) in [6, 6.07) is 8.87. The highest BCUT2D eigenvalue weighted by Crippen LogP contribution is 2.28. The van der Waals surface area contributed by atoms with Crippen molar-refractivity contribution in [2.75, 3.05) is 26.0 Å². The number of hydrogen-bond acceptors (Lipinski definition) is 4. The zero-order valence-corrected chi connectivity index (χ0v) is 17.4. The van der Waals surface area contributed by atoms with Crippen LogP contribution in [-0.2, 0) is 14.8 Å². The molecule has 0 aliphatic heterocycles. The van der Waals surface area contributed by atoms with Gasteiger partial charge >= 0.3 is 0 Å². The molecule has 0 bridgehead atoms. The molecular formula is C20H26N2O4S. The summed E-state index contributed by atoms with van der Waals surface area (Å²) in [5.41, 5.74) is 3.78. The number of hydrogen-bond donors (Lipinski definition) is 1. The number of anilines is 1. The van der Waals surface area contributed by atoms with Crippen molar-refractivity contribution in [1.82, 2.24) is 4.31 Å². The van der Waals surface area contributed by atoms with Gasteiger partial charge in [-0.05, 0) is 62.1 Å². The van der Waals surface area contributed by atoms with Crippen molar-refractivity contribution in [3.63, 3.8) is 0 Å². The van der Waals surface area contributed by atoms with Crippen LogP contribution in [0.15, 0.2) is 35.2 Å². The maximum absolute atomic E-state index is 13.1. The lowest BCUT2D eigenvalue weighted by atomic mass is 10.0. The van der Waals surface area contributed by atoms with E-state index in [-0.39, 0.29) is 11.4 Å². The summed E-state index contributed by atoms with van der Waals surface area (Å²) < 4.78 is 32.4. The van der Waals surface area contributed by atoms with Gasteiger partial charge in [0, 0.05) is 18.8 Å². The molecule has 0 saturated heterocycles. The summed E-state index contributed by atoms with van der Waals surface area (Å²) in [6.45, 7) is 7.07. The van der Waals surface area contributed by atoms with E-state index < -0.39 is 15.9 Å². The summed E-state index contributed by atoms with van der Waals surface area (Å²) in [4.78, 5) is 12.6. The molecular weight excluding hydrogens is 364 g/mol. The number of likely N-dealkylation sites (N-methyl/N-ethyl adjacent to an activating group) is 1. The van der Waals surface area contributed by atoms with Crippen molar-refractivity contribution < 1.29 is 17.9 Å². The molecule has 0 saturated carbocycles. The van der Waals surface area contributed by atoms with Gasteiger partial charge in [0.2, 0.25) is 15.9 Å². The van der Waals surface area contributed by atoms with Gasteiger partial charge in [0.25, 0.3) is 0 Å². The van der Waals surface area contributed by atoms with Crippen molar-refractivity contribution in [2.24, 2.45) is 0 Å². The molecule has 0 atom stereocenters. The Kier molecular flexibility index (Phi) is 6.28. The molecule has 0 aromatic heterocycles. The number of nitrogens with zero attached hydrogens (tertiary/aromatic N) is 1. The van der Waals surface area contributed by atoms with Crippen LogP contribution in [-0.4, -0.2) is 39.3 Å². The molecule has 2 aromatic rings. The highest BCUT2D eigenvalue weighted by Gasteiger charge is 2.28. The molecule has 0 aliphatic rings. The third-order valence-electron chi connectivity index (χ3n) is 4.69. The first-order valence-electron chi connectivity index (χ1n) is 8.55. The first kappa shape index (κ1) is 20.9. The Labute approximate surface area is 161 Å². The van der Waals surface area contributed by atoms with Crippen LogP contribution in [0, 0.1) is 27.7 Å². The minimum Gasteiger partial charge on any atom is -0.497 e. The van der Waals surface area contributed by atoms with Gasteiger partial charge in [-0.1, -0.05) is 12.1 Å². The standard InChI is InChI=1S/C20H26N2O4S/c1-13-10-14(2)16(4)20(15(13)3)27(24,25)22(5)12-19(23)21-17-8-7-9-18(11-17)26-6/h7-11H,12H2,1-6H3,(H,21,23). The largest absolute Gasteiger partial charge is 0.497 e. The topological polar surface area (TPSA) is 75.7 Å². The van der Waals surface area contributed by atoms with Crippen LogP contribution in [0.5, 0.6) is 5.75 Å².